The van der Waals surface area contributed by atoms with Crippen molar-refractivity contribution in [3.8, 4) is 11.1 Å². The maximum Gasteiger partial charge on any atom is 0.253 e. The van der Waals surface area contributed by atoms with E-state index in [1.165, 1.54) is 37.7 Å². The number of alkyl halides is 1. The summed E-state index contributed by atoms with van der Waals surface area (Å²) in [4.78, 5) is 34.0. The first-order chi connectivity index (χ1) is 20.7. The Bertz CT molecular complexity index is 1470. The lowest BCUT2D eigenvalue weighted by Crippen LogP contribution is -2.37. The van der Waals surface area contributed by atoms with Gasteiger partial charge in [0.05, 0.1) is 0 Å². The van der Waals surface area contributed by atoms with Gasteiger partial charge in [-0.3, -0.25) is 14.5 Å². The molecule has 2 aromatic carbocycles. The molecule has 0 radical (unpaired) electrons. The highest BCUT2D eigenvalue weighted by Gasteiger charge is 2.25. The molecule has 1 saturated carbocycles. The van der Waals surface area contributed by atoms with Crippen LogP contribution >= 0.6 is 0 Å². The summed E-state index contributed by atoms with van der Waals surface area (Å²) in [6, 6.07) is 15.2. The van der Waals surface area contributed by atoms with E-state index < -0.39 is 6.17 Å². The Balaban J connectivity index is 1.45. The fraction of sp³-hybridized carbons (Fsp3) is 0.500. The summed E-state index contributed by atoms with van der Waals surface area (Å²) in [6.07, 6.45) is 6.66. The number of halogens is 1. The van der Waals surface area contributed by atoms with E-state index in [2.05, 4.69) is 57.4 Å². The second-order valence-electron chi connectivity index (χ2n) is 12.5. The average Bonchev–Trinajstić information content (AvgIpc) is 3.00. The Kier molecular flexibility index (Phi) is 10.0. The number of amides is 1. The third-order valence-corrected chi connectivity index (χ3v) is 9.42. The van der Waals surface area contributed by atoms with Crippen LogP contribution in [0.3, 0.4) is 0 Å². The largest absolute Gasteiger partial charge is 0.369 e. The lowest BCUT2D eigenvalue weighted by atomic mass is 9.91. The molecule has 6 nitrogen and oxygen atoms in total. The van der Waals surface area contributed by atoms with Gasteiger partial charge in [-0.1, -0.05) is 43.5 Å². The van der Waals surface area contributed by atoms with E-state index >= 15 is 0 Å². The molecule has 5 rings (SSSR count). The van der Waals surface area contributed by atoms with E-state index in [0.29, 0.717) is 30.0 Å². The zero-order valence-electron chi connectivity index (χ0n) is 26.3. The zero-order chi connectivity index (χ0) is 30.5. The van der Waals surface area contributed by atoms with Crippen molar-refractivity contribution in [2.45, 2.75) is 97.9 Å². The SMILES string of the molecule is CCN(c1cc(-c2ccc(CN3CCC(F)CC3)cc2)cc(C(=O)NCc2c(C)cc(C)[nH]c2=O)c1C)C1CCCCC1. The van der Waals surface area contributed by atoms with Crippen LogP contribution in [0.5, 0.6) is 0 Å². The number of carbonyl (C=O) groups is 1. The van der Waals surface area contributed by atoms with Crippen molar-refractivity contribution in [2.75, 3.05) is 24.5 Å². The van der Waals surface area contributed by atoms with Crippen LogP contribution in [0.2, 0.25) is 0 Å². The van der Waals surface area contributed by atoms with Gasteiger partial charge in [-0.15, -0.1) is 0 Å². The zero-order valence-corrected chi connectivity index (χ0v) is 26.3. The van der Waals surface area contributed by atoms with Crippen molar-refractivity contribution >= 4 is 11.6 Å². The predicted molar refractivity (Wildman–Crippen MR) is 174 cm³/mol. The number of likely N-dealkylation sites (tertiary alicyclic amines) is 1. The molecule has 230 valence electrons. The molecule has 0 bridgehead atoms. The van der Waals surface area contributed by atoms with Crippen LogP contribution < -0.4 is 15.8 Å². The standard InChI is InChI=1S/C36H47FN4O2/c1-5-41(31-9-7-6-8-10-31)34-21-29(28-13-11-27(12-14-28)23-40-17-15-30(37)16-18-40)20-32(26(34)4)35(42)38-22-33-24(2)19-25(3)39-36(33)43/h11-14,19-21,30-31H,5-10,15-18,22-23H2,1-4H3,(H,38,42)(H,39,43). The van der Waals surface area contributed by atoms with Crippen LogP contribution in [0.4, 0.5) is 10.1 Å². The minimum absolute atomic E-state index is 0.160. The third-order valence-electron chi connectivity index (χ3n) is 9.42. The number of hydrogen-bond acceptors (Lipinski definition) is 4. The number of pyridine rings is 1. The normalized spacial score (nSPS) is 16.8. The molecule has 2 heterocycles. The van der Waals surface area contributed by atoms with Crippen LogP contribution in [-0.2, 0) is 13.1 Å². The number of benzene rings is 2. The number of hydrogen-bond donors (Lipinski definition) is 2. The molecular formula is C36H47FN4O2. The highest BCUT2D eigenvalue weighted by atomic mass is 19.1. The van der Waals surface area contributed by atoms with Crippen molar-refractivity contribution in [3.05, 3.63) is 86.3 Å². The van der Waals surface area contributed by atoms with Gasteiger partial charge in [-0.25, -0.2) is 4.39 Å². The van der Waals surface area contributed by atoms with Crippen LogP contribution in [0.1, 0.15) is 90.2 Å². The molecule has 0 atom stereocenters. The number of aryl methyl sites for hydroxylation is 2. The van der Waals surface area contributed by atoms with E-state index in [-0.39, 0.29) is 18.0 Å². The molecular weight excluding hydrogens is 539 g/mol. The molecule has 2 aliphatic rings. The van der Waals surface area contributed by atoms with Crippen LogP contribution in [0.15, 0.2) is 47.3 Å². The van der Waals surface area contributed by atoms with Gasteiger partial charge in [-0.2, -0.15) is 0 Å². The molecule has 0 unspecified atom stereocenters. The Labute approximate surface area is 255 Å². The van der Waals surface area contributed by atoms with Crippen molar-refractivity contribution in [1.82, 2.24) is 15.2 Å². The molecule has 1 aliphatic carbocycles. The van der Waals surface area contributed by atoms with E-state index in [9.17, 15) is 14.0 Å². The summed E-state index contributed by atoms with van der Waals surface area (Å²) in [6.45, 7) is 11.5. The fourth-order valence-corrected chi connectivity index (χ4v) is 6.90. The number of nitrogens with zero attached hydrogens (tertiary/aromatic N) is 2. The summed E-state index contributed by atoms with van der Waals surface area (Å²) in [5, 5.41) is 3.05. The first-order valence-electron chi connectivity index (χ1n) is 16.1. The number of carbonyl (C=O) groups excluding carboxylic acids is 1. The maximum atomic E-state index is 13.8. The molecule has 3 aromatic rings. The quantitative estimate of drug-likeness (QED) is 0.284. The number of rotatable bonds is 9. The van der Waals surface area contributed by atoms with E-state index in [1.807, 2.05) is 32.9 Å². The molecule has 7 heteroatoms. The topological polar surface area (TPSA) is 68.4 Å². The van der Waals surface area contributed by atoms with Crippen molar-refractivity contribution in [1.29, 1.82) is 0 Å². The van der Waals surface area contributed by atoms with Gasteiger partial charge in [0.2, 0.25) is 0 Å². The van der Waals surface area contributed by atoms with Gasteiger partial charge >= 0.3 is 0 Å². The first-order valence-corrected chi connectivity index (χ1v) is 16.1. The summed E-state index contributed by atoms with van der Waals surface area (Å²) in [5.41, 5.74) is 8.10. The van der Waals surface area contributed by atoms with Gasteiger partial charge in [0.1, 0.15) is 6.17 Å². The van der Waals surface area contributed by atoms with Crippen LogP contribution in [-0.4, -0.2) is 47.6 Å². The number of anilines is 1. The summed E-state index contributed by atoms with van der Waals surface area (Å²) >= 11 is 0. The Morgan fingerprint density at radius 3 is 2.33 bits per heavy atom. The van der Waals surface area contributed by atoms with E-state index in [4.69, 9.17) is 0 Å². The Morgan fingerprint density at radius 1 is 0.977 bits per heavy atom. The van der Waals surface area contributed by atoms with Gasteiger partial charge < -0.3 is 15.2 Å². The molecule has 1 amide bonds. The van der Waals surface area contributed by atoms with E-state index in [0.717, 1.165) is 59.8 Å². The smallest absolute Gasteiger partial charge is 0.253 e. The van der Waals surface area contributed by atoms with Crippen molar-refractivity contribution in [2.24, 2.45) is 0 Å². The molecule has 43 heavy (non-hydrogen) atoms. The van der Waals surface area contributed by atoms with Gasteiger partial charge in [0, 0.05) is 61.3 Å². The summed E-state index contributed by atoms with van der Waals surface area (Å²) in [7, 11) is 0. The summed E-state index contributed by atoms with van der Waals surface area (Å²) in [5.74, 6) is -0.174. The van der Waals surface area contributed by atoms with Gasteiger partial charge in [0.25, 0.3) is 11.5 Å². The molecule has 2 fully saturated rings. The molecule has 1 aromatic heterocycles. The summed E-state index contributed by atoms with van der Waals surface area (Å²) < 4.78 is 13.6. The molecule has 2 N–H and O–H groups in total. The Morgan fingerprint density at radius 2 is 1.67 bits per heavy atom. The van der Waals surface area contributed by atoms with Crippen LogP contribution in [0, 0.1) is 20.8 Å². The second-order valence-corrected chi connectivity index (χ2v) is 12.5. The highest BCUT2D eigenvalue weighted by molar-refractivity contribution is 5.99. The number of nitrogens with one attached hydrogen (secondary N) is 2. The fourth-order valence-electron chi connectivity index (χ4n) is 6.90. The van der Waals surface area contributed by atoms with Crippen molar-refractivity contribution in [3.63, 3.8) is 0 Å². The minimum atomic E-state index is -0.668. The van der Waals surface area contributed by atoms with Gasteiger partial charge in [-0.05, 0) is 99.4 Å². The van der Waals surface area contributed by atoms with Crippen LogP contribution in [0.25, 0.3) is 11.1 Å². The first kappa shape index (κ1) is 31.0. The highest BCUT2D eigenvalue weighted by Crippen LogP contribution is 2.35. The maximum absolute atomic E-state index is 13.8. The number of aromatic amines is 1. The minimum Gasteiger partial charge on any atom is -0.369 e. The lowest BCUT2D eigenvalue weighted by Gasteiger charge is -2.37. The average molecular weight is 587 g/mol. The number of H-pyrrole nitrogens is 1. The number of piperidine rings is 1. The lowest BCUT2D eigenvalue weighted by molar-refractivity contribution is 0.0950. The third kappa shape index (κ3) is 7.38. The molecule has 0 spiro atoms. The number of aromatic nitrogens is 1. The van der Waals surface area contributed by atoms with Crippen molar-refractivity contribution < 1.29 is 9.18 Å². The second kappa shape index (κ2) is 13.9. The Hall–Kier alpha value is -3.45. The van der Waals surface area contributed by atoms with E-state index in [1.54, 1.807) is 0 Å². The molecule has 1 saturated heterocycles. The van der Waals surface area contributed by atoms with Gasteiger partial charge in [0.15, 0.2) is 0 Å². The molecule has 1 aliphatic heterocycles. The monoisotopic (exact) mass is 586 g/mol. The predicted octanol–water partition coefficient (Wildman–Crippen LogP) is 6.99.